The van der Waals surface area contributed by atoms with Crippen molar-refractivity contribution in [3.63, 3.8) is 0 Å². The van der Waals surface area contributed by atoms with Gasteiger partial charge in [-0.05, 0) is 41.6 Å². The molecule has 0 saturated heterocycles. The molecule has 0 unspecified atom stereocenters. The van der Waals surface area contributed by atoms with Crippen molar-refractivity contribution in [1.82, 2.24) is 4.98 Å². The monoisotopic (exact) mass is 213 g/mol. The molecule has 0 aliphatic rings. The fourth-order valence-corrected chi connectivity index (χ4v) is 1.20. The molecule has 0 N–H and O–H groups in total. The first-order valence-corrected chi connectivity index (χ1v) is 5.20. The third-order valence-corrected chi connectivity index (χ3v) is 2.16. The summed E-state index contributed by atoms with van der Waals surface area (Å²) in [4.78, 5) is 14.5. The molecule has 1 aromatic rings. The molecule has 0 amide bonds. The van der Waals surface area contributed by atoms with Gasteiger partial charge in [0.05, 0.1) is 5.03 Å². The summed E-state index contributed by atoms with van der Waals surface area (Å²) >= 11 is 6.71. The molecule has 68 valence electrons. The number of hydrogen-bond acceptors (Lipinski definition) is 3. The predicted molar refractivity (Wildman–Crippen MR) is 55.9 cm³/mol. The third-order valence-electron chi connectivity index (χ3n) is 1.38. The van der Waals surface area contributed by atoms with Gasteiger partial charge in [-0.2, -0.15) is 0 Å². The Morgan fingerprint density at radius 1 is 1.62 bits per heavy atom. The number of carbonyl (C=O) groups excluding carboxylic acids is 1. The number of thioether (sulfide) groups is 1. The Kier molecular flexibility index (Phi) is 3.99. The van der Waals surface area contributed by atoms with Gasteiger partial charge >= 0.3 is 0 Å². The van der Waals surface area contributed by atoms with E-state index in [9.17, 15) is 4.79 Å². The van der Waals surface area contributed by atoms with Gasteiger partial charge < -0.3 is 0 Å². The van der Waals surface area contributed by atoms with Crippen molar-refractivity contribution in [1.29, 1.82) is 0 Å². The summed E-state index contributed by atoms with van der Waals surface area (Å²) in [5.74, 6) is 0. The van der Waals surface area contributed by atoms with Crippen molar-refractivity contribution >= 4 is 34.7 Å². The summed E-state index contributed by atoms with van der Waals surface area (Å²) in [7, 11) is 0. The number of halogens is 1. The molecule has 0 radical (unpaired) electrons. The van der Waals surface area contributed by atoms with E-state index in [1.165, 1.54) is 6.08 Å². The van der Waals surface area contributed by atoms with Crippen LogP contribution in [0.4, 0.5) is 0 Å². The molecule has 13 heavy (non-hydrogen) atoms. The van der Waals surface area contributed by atoms with Gasteiger partial charge in [-0.25, -0.2) is 4.98 Å². The van der Waals surface area contributed by atoms with Crippen molar-refractivity contribution in [2.45, 2.75) is 5.03 Å². The molecule has 0 saturated carbocycles. The first-order chi connectivity index (χ1) is 6.22. The van der Waals surface area contributed by atoms with Gasteiger partial charge in [-0.15, -0.1) is 11.8 Å². The highest BCUT2D eigenvalue weighted by Crippen LogP contribution is 2.11. The highest BCUT2D eigenvalue weighted by atomic mass is 35.5. The van der Waals surface area contributed by atoms with Crippen molar-refractivity contribution in [3.05, 3.63) is 30.0 Å². The van der Waals surface area contributed by atoms with Gasteiger partial charge in [-0.1, -0.05) is 6.07 Å². The van der Waals surface area contributed by atoms with Crippen LogP contribution in [0.1, 0.15) is 5.56 Å². The number of nitrogens with zero attached hydrogens (tertiary/aromatic N) is 1. The molecule has 0 aliphatic heterocycles. The summed E-state index contributed by atoms with van der Waals surface area (Å²) in [5, 5.41) is 0.475. The summed E-state index contributed by atoms with van der Waals surface area (Å²) in [5.41, 5.74) is 0.867. The average molecular weight is 214 g/mol. The van der Waals surface area contributed by atoms with Crippen molar-refractivity contribution in [3.8, 4) is 0 Å². The number of allylic oxidation sites excluding steroid dienone is 1. The average Bonchev–Trinajstić information content (AvgIpc) is 2.15. The number of carbonyl (C=O) groups is 1. The molecule has 2 nitrogen and oxygen atoms in total. The van der Waals surface area contributed by atoms with E-state index < -0.39 is 5.24 Å². The Morgan fingerprint density at radius 2 is 2.38 bits per heavy atom. The van der Waals surface area contributed by atoms with Crippen LogP contribution in [0.25, 0.3) is 6.08 Å². The van der Waals surface area contributed by atoms with Crippen molar-refractivity contribution in [2.75, 3.05) is 6.26 Å². The lowest BCUT2D eigenvalue weighted by molar-refractivity contribution is -0.107. The Balaban J connectivity index is 2.75. The molecule has 1 rings (SSSR count). The van der Waals surface area contributed by atoms with Crippen LogP contribution in [-0.2, 0) is 4.79 Å². The fourth-order valence-electron chi connectivity index (χ4n) is 0.773. The molecule has 0 bridgehead atoms. The van der Waals surface area contributed by atoms with Gasteiger partial charge in [-0.3, -0.25) is 4.79 Å². The zero-order chi connectivity index (χ0) is 9.68. The molecule has 1 aromatic heterocycles. The van der Waals surface area contributed by atoms with E-state index in [1.54, 1.807) is 24.0 Å². The molecular weight excluding hydrogens is 206 g/mol. The molecule has 4 heteroatoms. The van der Waals surface area contributed by atoms with Crippen LogP contribution in [-0.4, -0.2) is 16.5 Å². The van der Waals surface area contributed by atoms with E-state index >= 15 is 0 Å². The summed E-state index contributed by atoms with van der Waals surface area (Å²) in [6.07, 6.45) is 6.59. The largest absolute Gasteiger partial charge is 0.276 e. The minimum absolute atomic E-state index is 0.478. The zero-order valence-electron chi connectivity index (χ0n) is 7.03. The van der Waals surface area contributed by atoms with E-state index in [0.717, 1.165) is 10.6 Å². The van der Waals surface area contributed by atoms with Gasteiger partial charge in [0.25, 0.3) is 0 Å². The van der Waals surface area contributed by atoms with Gasteiger partial charge in [0.2, 0.25) is 5.24 Å². The minimum Gasteiger partial charge on any atom is -0.276 e. The van der Waals surface area contributed by atoms with Crippen molar-refractivity contribution < 1.29 is 4.79 Å². The molecule has 0 aliphatic carbocycles. The second-order valence-corrected chi connectivity index (χ2v) is 3.47. The molecular formula is C9H8ClNOS. The highest BCUT2D eigenvalue weighted by molar-refractivity contribution is 7.98. The maximum absolute atomic E-state index is 10.4. The summed E-state index contributed by atoms with van der Waals surface area (Å²) in [6, 6.07) is 3.78. The Hall–Kier alpha value is -0.800. The van der Waals surface area contributed by atoms with Gasteiger partial charge in [0.1, 0.15) is 0 Å². The van der Waals surface area contributed by atoms with Crippen molar-refractivity contribution in [2.24, 2.45) is 0 Å². The van der Waals surface area contributed by atoms with Crippen LogP contribution in [0.15, 0.2) is 29.4 Å². The second kappa shape index (κ2) is 5.04. The fraction of sp³-hybridized carbons (Fsp3) is 0.111. The van der Waals surface area contributed by atoms with Gasteiger partial charge in [0.15, 0.2) is 0 Å². The number of pyridine rings is 1. The highest BCUT2D eigenvalue weighted by Gasteiger charge is 1.91. The molecule has 1 heterocycles. The van der Waals surface area contributed by atoms with E-state index in [0.29, 0.717) is 0 Å². The Bertz CT molecular complexity index is 321. The molecule has 0 aromatic carbocycles. The zero-order valence-corrected chi connectivity index (χ0v) is 8.60. The number of aromatic nitrogens is 1. The topological polar surface area (TPSA) is 30.0 Å². The van der Waals surface area contributed by atoms with E-state index in [-0.39, 0.29) is 0 Å². The second-order valence-electron chi connectivity index (χ2n) is 2.27. The quantitative estimate of drug-likeness (QED) is 0.439. The Labute approximate surface area is 86.0 Å². The minimum atomic E-state index is -0.478. The SMILES string of the molecule is CSc1ccc(/C=C/C(=O)Cl)cn1. The van der Waals surface area contributed by atoms with Crippen LogP contribution in [0, 0.1) is 0 Å². The van der Waals surface area contributed by atoms with E-state index in [1.807, 2.05) is 18.4 Å². The van der Waals surface area contributed by atoms with Crippen LogP contribution >= 0.6 is 23.4 Å². The molecule has 0 fully saturated rings. The van der Waals surface area contributed by atoms with Crippen LogP contribution in [0.2, 0.25) is 0 Å². The van der Waals surface area contributed by atoms with Gasteiger partial charge in [0, 0.05) is 6.20 Å². The lowest BCUT2D eigenvalue weighted by atomic mass is 10.3. The standard InChI is InChI=1S/C9H8ClNOS/c1-13-9-5-3-7(6-11-9)2-4-8(10)12/h2-6H,1H3/b4-2+. The van der Waals surface area contributed by atoms with E-state index in [2.05, 4.69) is 4.98 Å². The summed E-state index contributed by atoms with van der Waals surface area (Å²) in [6.45, 7) is 0. The molecule has 0 atom stereocenters. The first kappa shape index (κ1) is 10.3. The maximum Gasteiger partial charge on any atom is 0.245 e. The lowest BCUT2D eigenvalue weighted by Gasteiger charge is -1.94. The van der Waals surface area contributed by atoms with E-state index in [4.69, 9.17) is 11.6 Å². The maximum atomic E-state index is 10.4. The normalized spacial score (nSPS) is 10.6. The number of hydrogen-bond donors (Lipinski definition) is 0. The van der Waals surface area contributed by atoms with Crippen LogP contribution in [0.3, 0.4) is 0 Å². The first-order valence-electron chi connectivity index (χ1n) is 3.60. The van der Waals surface area contributed by atoms with Crippen LogP contribution in [0.5, 0.6) is 0 Å². The predicted octanol–water partition coefficient (Wildman–Crippen LogP) is 2.58. The summed E-state index contributed by atoms with van der Waals surface area (Å²) < 4.78 is 0. The van der Waals surface area contributed by atoms with Crippen LogP contribution < -0.4 is 0 Å². The smallest absolute Gasteiger partial charge is 0.245 e. The number of rotatable bonds is 3. The molecule has 0 spiro atoms. The Morgan fingerprint density at radius 3 is 2.85 bits per heavy atom. The lowest BCUT2D eigenvalue weighted by Crippen LogP contribution is -1.80. The third kappa shape index (κ3) is 3.61.